The number of rotatable bonds is 11. The van der Waals surface area contributed by atoms with Crippen LogP contribution in [0.5, 0.6) is 5.75 Å². The van der Waals surface area contributed by atoms with Gasteiger partial charge in [0.25, 0.3) is 0 Å². The van der Waals surface area contributed by atoms with Crippen LogP contribution in [0.1, 0.15) is 76.2 Å². The third-order valence-electron chi connectivity index (χ3n) is 10.8. The molecule has 3 aliphatic rings. The third-order valence-corrected chi connectivity index (χ3v) is 11.1. The molecular weight excluding hydrogens is 603 g/mol. The minimum Gasteiger partial charge on any atom is -0.494 e. The number of nitrogens with zero attached hydrogens (tertiary/aromatic N) is 4. The molecule has 248 valence electrons. The lowest BCUT2D eigenvalue weighted by Gasteiger charge is -2.48. The van der Waals surface area contributed by atoms with Crippen molar-refractivity contribution in [2.75, 3.05) is 25.5 Å². The predicted octanol–water partition coefficient (Wildman–Crippen LogP) is 6.89. The molecule has 2 aliphatic carbocycles. The first-order valence-corrected chi connectivity index (χ1v) is 17.5. The Labute approximate surface area is 277 Å². The Bertz CT molecular complexity index is 1400. The largest absolute Gasteiger partial charge is 0.494 e. The molecule has 2 heterocycles. The Morgan fingerprint density at radius 3 is 2.41 bits per heavy atom. The number of carbonyl (C=O) groups excluding carboxylic acids is 1. The van der Waals surface area contributed by atoms with Crippen LogP contribution < -0.4 is 15.4 Å². The van der Waals surface area contributed by atoms with E-state index in [0.29, 0.717) is 23.4 Å². The summed E-state index contributed by atoms with van der Waals surface area (Å²) in [4.78, 5) is 20.6. The SMILES string of the molecule is COc1cc(N[C@H]2CC[C@@H](N[C@H](Cc3ccc(Cl)cc3)C(=O)N3CCC(Cn4cncn4)(C4CCCCC4)CC3)CC2)ccc1F. The van der Waals surface area contributed by atoms with Crippen molar-refractivity contribution >= 4 is 23.2 Å². The Balaban J connectivity index is 1.10. The van der Waals surface area contributed by atoms with Crippen molar-refractivity contribution in [2.24, 2.45) is 11.3 Å². The maximum atomic E-state index is 14.3. The molecule has 3 aromatic rings. The quantitative estimate of drug-likeness (QED) is 0.235. The van der Waals surface area contributed by atoms with Gasteiger partial charge in [0.1, 0.15) is 12.7 Å². The standard InChI is InChI=1S/C36H48ClFN6O2/c1-46-34-22-31(15-16-32(34)38)41-29-11-13-30(14-12-29)42-33(21-26-7-9-28(37)10-8-26)35(45)43-19-17-36(18-20-43,23-44-25-39-24-40-44)27-5-3-2-4-6-27/h7-10,15-16,22,24-25,27,29-30,33,41-42H,2-6,11-14,17-21,23H2,1H3/t29-,30+,33-/m1/s1. The fraction of sp³-hybridized carbons (Fsp3) is 0.583. The molecule has 0 spiro atoms. The van der Waals surface area contributed by atoms with Gasteiger partial charge in [-0.05, 0) is 98.9 Å². The summed E-state index contributed by atoms with van der Waals surface area (Å²) in [6.45, 7) is 2.44. The number of anilines is 1. The van der Waals surface area contributed by atoms with Crippen LogP contribution >= 0.6 is 11.6 Å². The topological polar surface area (TPSA) is 84.3 Å². The monoisotopic (exact) mass is 650 g/mol. The Morgan fingerprint density at radius 1 is 1.02 bits per heavy atom. The van der Waals surface area contributed by atoms with E-state index < -0.39 is 0 Å². The molecule has 1 aromatic heterocycles. The molecule has 6 rings (SSSR count). The third kappa shape index (κ3) is 8.03. The first-order chi connectivity index (χ1) is 22.4. The number of likely N-dealkylation sites (tertiary alicyclic amines) is 1. The highest BCUT2D eigenvalue weighted by atomic mass is 35.5. The summed E-state index contributed by atoms with van der Waals surface area (Å²) in [5, 5.41) is 12.5. The molecule has 1 saturated heterocycles. The van der Waals surface area contributed by atoms with E-state index in [-0.39, 0.29) is 35.0 Å². The molecule has 2 N–H and O–H groups in total. The van der Waals surface area contributed by atoms with Crippen LogP contribution in [-0.4, -0.2) is 63.9 Å². The van der Waals surface area contributed by atoms with Crippen molar-refractivity contribution in [3.63, 3.8) is 0 Å². The number of halogens is 2. The first kappa shape index (κ1) is 32.8. The minimum absolute atomic E-state index is 0.157. The molecule has 2 aromatic carbocycles. The normalized spacial score (nSPS) is 22.7. The van der Waals surface area contributed by atoms with Crippen LogP contribution in [0, 0.1) is 17.2 Å². The number of hydrogen-bond acceptors (Lipinski definition) is 6. The smallest absolute Gasteiger partial charge is 0.240 e. The van der Waals surface area contributed by atoms with E-state index >= 15 is 0 Å². The van der Waals surface area contributed by atoms with E-state index in [9.17, 15) is 9.18 Å². The Morgan fingerprint density at radius 2 is 1.74 bits per heavy atom. The molecular formula is C36H48ClFN6O2. The van der Waals surface area contributed by atoms with Gasteiger partial charge in [0.2, 0.25) is 5.91 Å². The lowest BCUT2D eigenvalue weighted by atomic mass is 9.63. The van der Waals surface area contributed by atoms with Gasteiger partial charge in [-0.3, -0.25) is 9.48 Å². The molecule has 2 saturated carbocycles. The van der Waals surface area contributed by atoms with Gasteiger partial charge in [-0.25, -0.2) is 9.37 Å². The molecule has 1 atom stereocenters. The van der Waals surface area contributed by atoms with Gasteiger partial charge in [-0.15, -0.1) is 0 Å². The molecule has 10 heteroatoms. The molecule has 1 amide bonds. The highest BCUT2D eigenvalue weighted by Crippen LogP contribution is 2.47. The van der Waals surface area contributed by atoms with Gasteiger partial charge >= 0.3 is 0 Å². The lowest BCUT2D eigenvalue weighted by molar-refractivity contribution is -0.137. The van der Waals surface area contributed by atoms with Gasteiger partial charge in [-0.1, -0.05) is 43.0 Å². The Kier molecular flexibility index (Phi) is 10.8. The summed E-state index contributed by atoms with van der Waals surface area (Å²) in [6, 6.07) is 13.0. The maximum absolute atomic E-state index is 14.3. The van der Waals surface area contributed by atoms with Crippen LogP contribution in [0.25, 0.3) is 0 Å². The number of amides is 1. The van der Waals surface area contributed by atoms with Crippen LogP contribution in [-0.2, 0) is 17.8 Å². The van der Waals surface area contributed by atoms with Crippen molar-refractivity contribution in [2.45, 2.75) is 102 Å². The van der Waals surface area contributed by atoms with Crippen LogP contribution in [0.15, 0.2) is 55.1 Å². The van der Waals surface area contributed by atoms with Gasteiger partial charge in [0, 0.05) is 48.5 Å². The Hall–Kier alpha value is -3.17. The van der Waals surface area contributed by atoms with Gasteiger partial charge in [0.05, 0.1) is 13.2 Å². The summed E-state index contributed by atoms with van der Waals surface area (Å²) in [7, 11) is 1.48. The van der Waals surface area contributed by atoms with Crippen molar-refractivity contribution in [1.29, 1.82) is 0 Å². The van der Waals surface area contributed by atoms with Crippen LogP contribution in [0.3, 0.4) is 0 Å². The lowest BCUT2D eigenvalue weighted by Crippen LogP contribution is -2.55. The van der Waals surface area contributed by atoms with Gasteiger partial charge in [0.15, 0.2) is 11.6 Å². The number of methoxy groups -OCH3 is 1. The zero-order valence-electron chi connectivity index (χ0n) is 27.0. The van der Waals surface area contributed by atoms with Gasteiger partial charge in [-0.2, -0.15) is 5.10 Å². The molecule has 3 fully saturated rings. The number of piperidine rings is 1. The molecule has 8 nitrogen and oxygen atoms in total. The van der Waals surface area contributed by atoms with Crippen LogP contribution in [0.2, 0.25) is 5.02 Å². The number of aromatic nitrogens is 3. The van der Waals surface area contributed by atoms with Crippen molar-refractivity contribution in [3.05, 3.63) is 71.5 Å². The minimum atomic E-state index is -0.360. The second-order valence-corrected chi connectivity index (χ2v) is 14.1. The molecule has 0 unspecified atom stereocenters. The van der Waals surface area contributed by atoms with E-state index in [1.165, 1.54) is 45.3 Å². The molecule has 46 heavy (non-hydrogen) atoms. The number of hydrogen-bond donors (Lipinski definition) is 2. The molecule has 0 radical (unpaired) electrons. The summed E-state index contributed by atoms with van der Waals surface area (Å²) in [5.74, 6) is 0.758. The van der Waals surface area contributed by atoms with Crippen molar-refractivity contribution < 1.29 is 13.9 Å². The number of nitrogens with one attached hydrogen (secondary N) is 2. The molecule has 0 bridgehead atoms. The van der Waals surface area contributed by atoms with E-state index in [1.54, 1.807) is 18.5 Å². The number of ether oxygens (including phenoxy) is 1. The highest BCUT2D eigenvalue weighted by molar-refractivity contribution is 6.30. The van der Waals surface area contributed by atoms with Gasteiger partial charge < -0.3 is 20.3 Å². The summed E-state index contributed by atoms with van der Waals surface area (Å²) < 4.78 is 21.1. The van der Waals surface area contributed by atoms with E-state index in [2.05, 4.69) is 25.6 Å². The maximum Gasteiger partial charge on any atom is 0.240 e. The zero-order chi connectivity index (χ0) is 31.9. The van der Waals surface area contributed by atoms with E-state index in [4.69, 9.17) is 16.3 Å². The van der Waals surface area contributed by atoms with E-state index in [0.717, 1.165) is 69.4 Å². The van der Waals surface area contributed by atoms with Crippen molar-refractivity contribution in [3.8, 4) is 5.75 Å². The summed E-state index contributed by atoms with van der Waals surface area (Å²) >= 11 is 6.19. The number of carbonyl (C=O) groups is 1. The highest BCUT2D eigenvalue weighted by Gasteiger charge is 2.44. The average molecular weight is 651 g/mol. The fourth-order valence-corrected chi connectivity index (χ4v) is 8.31. The number of benzene rings is 2. The average Bonchev–Trinajstić information content (AvgIpc) is 3.60. The molecule has 1 aliphatic heterocycles. The first-order valence-electron chi connectivity index (χ1n) is 17.1. The summed E-state index contributed by atoms with van der Waals surface area (Å²) in [5.41, 5.74) is 2.13. The van der Waals surface area contributed by atoms with Crippen molar-refractivity contribution in [1.82, 2.24) is 25.0 Å². The van der Waals surface area contributed by atoms with E-state index in [1.807, 2.05) is 35.3 Å². The second-order valence-electron chi connectivity index (χ2n) is 13.7. The predicted molar refractivity (Wildman–Crippen MR) is 180 cm³/mol. The van der Waals surface area contributed by atoms with Crippen LogP contribution in [0.4, 0.5) is 10.1 Å². The zero-order valence-corrected chi connectivity index (χ0v) is 27.7. The fourth-order valence-electron chi connectivity index (χ4n) is 8.19. The second kappa shape index (κ2) is 15.2. The summed E-state index contributed by atoms with van der Waals surface area (Å²) in [6.07, 6.45) is 16.4.